The molecule has 0 amide bonds. The van der Waals surface area contributed by atoms with E-state index >= 15 is 4.39 Å². The van der Waals surface area contributed by atoms with Crippen molar-refractivity contribution in [3.05, 3.63) is 54.2 Å². The number of nitrogens with zero attached hydrogens (tertiary/aromatic N) is 4. The van der Waals surface area contributed by atoms with E-state index in [0.29, 0.717) is 0 Å². The van der Waals surface area contributed by atoms with E-state index in [2.05, 4.69) is 14.7 Å². The Bertz CT molecular complexity index is 1400. The Morgan fingerprint density at radius 2 is 1.78 bits per heavy atom. The smallest absolute Gasteiger partial charge is 0.387 e. The van der Waals surface area contributed by atoms with Crippen molar-refractivity contribution in [1.29, 1.82) is 0 Å². The summed E-state index contributed by atoms with van der Waals surface area (Å²) < 4.78 is 105. The summed E-state index contributed by atoms with van der Waals surface area (Å²) in [6.07, 6.45) is -0.554. The quantitative estimate of drug-likeness (QED) is 0.467. The summed E-state index contributed by atoms with van der Waals surface area (Å²) >= 11 is 0. The molecule has 0 N–H and O–H groups in total. The second-order valence-electron chi connectivity index (χ2n) is 8.27. The van der Waals surface area contributed by atoms with Gasteiger partial charge in [-0.1, -0.05) is 0 Å². The van der Waals surface area contributed by atoms with E-state index in [4.69, 9.17) is 4.74 Å². The van der Waals surface area contributed by atoms with Gasteiger partial charge in [-0.3, -0.25) is 4.98 Å². The Kier molecular flexibility index (Phi) is 6.21. The maximum Gasteiger partial charge on any atom is 0.387 e. The number of rotatable bonds is 5. The predicted molar refractivity (Wildman–Crippen MR) is 117 cm³/mol. The summed E-state index contributed by atoms with van der Waals surface area (Å²) in [5.41, 5.74) is -1.56. The van der Waals surface area contributed by atoms with Gasteiger partial charge in [-0.25, -0.2) is 26.6 Å². The van der Waals surface area contributed by atoms with Crippen LogP contribution in [-0.2, 0) is 14.8 Å². The summed E-state index contributed by atoms with van der Waals surface area (Å²) in [4.78, 5) is 9.61. The lowest BCUT2D eigenvalue weighted by Gasteiger charge is -2.45. The minimum atomic E-state index is -4.24. The fourth-order valence-electron chi connectivity index (χ4n) is 4.49. The van der Waals surface area contributed by atoms with E-state index in [-0.39, 0.29) is 60.2 Å². The zero-order chi connectivity index (χ0) is 25.7. The van der Waals surface area contributed by atoms with Gasteiger partial charge in [0, 0.05) is 31.6 Å². The first-order chi connectivity index (χ1) is 17.1. The molecule has 2 saturated heterocycles. The average molecular weight is 530 g/mol. The van der Waals surface area contributed by atoms with Crippen LogP contribution < -0.4 is 9.64 Å². The average Bonchev–Trinajstić information content (AvgIpc) is 3.27. The summed E-state index contributed by atoms with van der Waals surface area (Å²) in [6, 6.07) is 6.19. The molecule has 36 heavy (non-hydrogen) atoms. The number of ether oxygens (including phenoxy) is 2. The van der Waals surface area contributed by atoms with Gasteiger partial charge in [-0.2, -0.15) is 13.1 Å². The number of fused-ring (bicyclic) bond motifs is 1. The first kappa shape index (κ1) is 24.6. The highest BCUT2D eigenvalue weighted by atomic mass is 32.2. The first-order valence-electron chi connectivity index (χ1n) is 10.8. The maximum absolute atomic E-state index is 15.7. The molecule has 14 heteroatoms. The lowest BCUT2D eigenvalue weighted by molar-refractivity contribution is -0.116. The van der Waals surface area contributed by atoms with Crippen LogP contribution in [-0.4, -0.2) is 67.4 Å². The molecule has 2 fully saturated rings. The molecule has 2 atom stereocenters. The topological polar surface area (TPSA) is 84.9 Å². The van der Waals surface area contributed by atoms with Gasteiger partial charge in [0.1, 0.15) is 11.6 Å². The van der Waals surface area contributed by atoms with E-state index in [1.165, 1.54) is 11.1 Å². The molecule has 0 saturated carbocycles. The van der Waals surface area contributed by atoms with Gasteiger partial charge < -0.3 is 14.4 Å². The monoisotopic (exact) mass is 530 g/mol. The van der Waals surface area contributed by atoms with Crippen molar-refractivity contribution in [3.8, 4) is 5.75 Å². The van der Waals surface area contributed by atoms with Crippen LogP contribution in [0.5, 0.6) is 5.75 Å². The summed E-state index contributed by atoms with van der Waals surface area (Å²) in [7, 11) is -4.24. The second kappa shape index (κ2) is 9.09. The third-order valence-corrected chi connectivity index (χ3v) is 8.15. The molecule has 0 unspecified atom stereocenters. The largest absolute Gasteiger partial charge is 0.435 e. The molecular weight excluding hydrogens is 511 g/mol. The Morgan fingerprint density at radius 3 is 2.44 bits per heavy atom. The summed E-state index contributed by atoms with van der Waals surface area (Å²) in [5.74, 6) is -2.16. The van der Waals surface area contributed by atoms with Crippen LogP contribution in [0.1, 0.15) is 6.42 Å². The minimum absolute atomic E-state index is 0.0349. The third-order valence-electron chi connectivity index (χ3n) is 6.21. The van der Waals surface area contributed by atoms with Gasteiger partial charge in [-0.15, -0.1) is 0 Å². The molecule has 2 aromatic carbocycles. The molecule has 8 nitrogen and oxygen atoms in total. The molecule has 5 rings (SSSR count). The Hall–Kier alpha value is -3.10. The molecule has 2 aliphatic rings. The zero-order valence-electron chi connectivity index (χ0n) is 18.5. The SMILES string of the molecule is O=S(=O)(c1ccc(OC(F)F)cc1)N1CCO[C@]12CCN(c1cnc3cc(F)c(F)cc3n1)C[C@@H]2F. The fraction of sp³-hybridized carbons (Fsp3) is 0.364. The van der Waals surface area contributed by atoms with Crippen LogP contribution in [0.25, 0.3) is 11.0 Å². The van der Waals surface area contributed by atoms with Crippen molar-refractivity contribution in [1.82, 2.24) is 14.3 Å². The van der Waals surface area contributed by atoms with Crippen LogP contribution in [0.4, 0.5) is 27.8 Å². The number of alkyl halides is 3. The standard InChI is InChI=1S/C22H19F5N4O4S/c23-15-9-17-18(10-16(15)24)29-20(11-28-17)30-6-5-22(19(25)12-30)31(7-8-34-22)36(32,33)14-3-1-13(2-4-14)35-21(26)27/h1-4,9-11,19,21H,5-8,12H2/t19-,22-/m0/s1. The number of benzene rings is 2. The lowest BCUT2D eigenvalue weighted by atomic mass is 9.98. The minimum Gasteiger partial charge on any atom is -0.435 e. The number of piperidine rings is 1. The molecular formula is C22H19F5N4O4S. The van der Waals surface area contributed by atoms with Crippen LogP contribution >= 0.6 is 0 Å². The van der Waals surface area contributed by atoms with Gasteiger partial charge in [0.2, 0.25) is 10.0 Å². The normalized spacial score (nSPS) is 23.2. The molecule has 2 aliphatic heterocycles. The molecule has 3 aromatic rings. The molecule has 192 valence electrons. The third kappa shape index (κ3) is 4.22. The highest BCUT2D eigenvalue weighted by Crippen LogP contribution is 2.41. The van der Waals surface area contributed by atoms with Gasteiger partial charge in [0.05, 0.1) is 35.3 Å². The Morgan fingerprint density at radius 1 is 1.08 bits per heavy atom. The molecule has 1 aromatic heterocycles. The number of anilines is 1. The van der Waals surface area contributed by atoms with E-state index in [9.17, 15) is 26.0 Å². The molecule has 0 radical (unpaired) electrons. The molecule has 0 bridgehead atoms. The summed E-state index contributed by atoms with van der Waals surface area (Å²) in [6.45, 7) is -3.35. The molecule has 0 aliphatic carbocycles. The highest BCUT2D eigenvalue weighted by molar-refractivity contribution is 7.89. The van der Waals surface area contributed by atoms with E-state index in [0.717, 1.165) is 40.7 Å². The van der Waals surface area contributed by atoms with Crippen LogP contribution in [0, 0.1) is 11.6 Å². The van der Waals surface area contributed by atoms with Gasteiger partial charge in [-0.05, 0) is 24.3 Å². The van der Waals surface area contributed by atoms with Crippen LogP contribution in [0.2, 0.25) is 0 Å². The number of sulfonamides is 1. The Balaban J connectivity index is 1.38. The van der Waals surface area contributed by atoms with Gasteiger partial charge in [0.25, 0.3) is 0 Å². The van der Waals surface area contributed by atoms with Crippen molar-refractivity contribution in [2.75, 3.05) is 31.1 Å². The van der Waals surface area contributed by atoms with Crippen molar-refractivity contribution in [3.63, 3.8) is 0 Å². The molecule has 3 heterocycles. The first-order valence-corrected chi connectivity index (χ1v) is 12.3. The second-order valence-corrected chi connectivity index (χ2v) is 10.1. The van der Waals surface area contributed by atoms with Gasteiger partial charge >= 0.3 is 6.61 Å². The maximum atomic E-state index is 15.7. The number of halogens is 5. The van der Waals surface area contributed by atoms with Crippen molar-refractivity contribution < 1.29 is 39.8 Å². The van der Waals surface area contributed by atoms with Crippen LogP contribution in [0.15, 0.2) is 47.5 Å². The number of hydrogen-bond donors (Lipinski definition) is 0. The van der Waals surface area contributed by atoms with Crippen molar-refractivity contribution in [2.45, 2.75) is 29.8 Å². The van der Waals surface area contributed by atoms with Crippen LogP contribution in [0.3, 0.4) is 0 Å². The fourth-order valence-corrected chi connectivity index (χ4v) is 6.21. The van der Waals surface area contributed by atoms with Crippen molar-refractivity contribution in [2.24, 2.45) is 0 Å². The highest BCUT2D eigenvalue weighted by Gasteiger charge is 2.57. The zero-order valence-corrected chi connectivity index (χ0v) is 19.3. The van der Waals surface area contributed by atoms with E-state index in [1.54, 1.807) is 0 Å². The van der Waals surface area contributed by atoms with E-state index < -0.39 is 40.2 Å². The summed E-state index contributed by atoms with van der Waals surface area (Å²) in [5, 5.41) is 0. The predicted octanol–water partition coefficient (Wildman–Crippen LogP) is 3.48. The number of hydrogen-bond acceptors (Lipinski definition) is 7. The Labute approximate surface area is 202 Å². The number of aromatic nitrogens is 2. The lowest BCUT2D eigenvalue weighted by Crippen LogP contribution is -2.62. The molecule has 1 spiro atoms. The van der Waals surface area contributed by atoms with Gasteiger partial charge in [0.15, 0.2) is 23.5 Å². The van der Waals surface area contributed by atoms with Crippen molar-refractivity contribution >= 4 is 26.9 Å². The van der Waals surface area contributed by atoms with E-state index in [1.807, 2.05) is 0 Å².